The van der Waals surface area contributed by atoms with Gasteiger partial charge in [0.1, 0.15) is 0 Å². The third-order valence-corrected chi connectivity index (χ3v) is 5.60. The molecule has 154 valence electrons. The lowest BCUT2D eigenvalue weighted by molar-refractivity contribution is 0.668. The summed E-state index contributed by atoms with van der Waals surface area (Å²) in [6.45, 7) is 12.1. The lowest BCUT2D eigenvalue weighted by atomic mass is 10.0. The van der Waals surface area contributed by atoms with Crippen molar-refractivity contribution in [3.63, 3.8) is 0 Å². The van der Waals surface area contributed by atoms with Gasteiger partial charge < -0.3 is 4.90 Å². The number of rotatable bonds is 8. The van der Waals surface area contributed by atoms with E-state index in [0.29, 0.717) is 5.70 Å². The van der Waals surface area contributed by atoms with E-state index < -0.39 is 0 Å². The van der Waals surface area contributed by atoms with E-state index >= 15 is 0 Å². The van der Waals surface area contributed by atoms with Gasteiger partial charge in [-0.1, -0.05) is 80.8 Å². The van der Waals surface area contributed by atoms with Gasteiger partial charge in [0, 0.05) is 17.9 Å². The Morgan fingerprint density at radius 3 is 2.60 bits per heavy atom. The van der Waals surface area contributed by atoms with Crippen LogP contribution in [-0.2, 0) is 12.8 Å². The summed E-state index contributed by atoms with van der Waals surface area (Å²) < 4.78 is 0. The quantitative estimate of drug-likeness (QED) is 0.250. The molecule has 0 atom stereocenters. The Hall–Kier alpha value is -3.05. The predicted octanol–water partition coefficient (Wildman–Crippen LogP) is 7.90. The Labute approximate surface area is 182 Å². The minimum absolute atomic E-state index is 0.697. The first-order valence-electron chi connectivity index (χ1n) is 11.1. The fraction of sp³-hybridized carbons (Fsp3) is 0.321. The zero-order chi connectivity index (χ0) is 21.2. The van der Waals surface area contributed by atoms with Gasteiger partial charge in [-0.2, -0.15) is 0 Å². The molecule has 0 spiro atoms. The van der Waals surface area contributed by atoms with E-state index in [0.717, 1.165) is 19.4 Å². The van der Waals surface area contributed by atoms with E-state index in [1.807, 2.05) is 31.2 Å². The Balaban J connectivity index is 1.82. The van der Waals surface area contributed by atoms with E-state index in [4.69, 9.17) is 6.57 Å². The van der Waals surface area contributed by atoms with Crippen LogP contribution in [0.15, 0.2) is 72.5 Å². The molecular weight excluding hydrogens is 364 g/mol. The lowest BCUT2D eigenvalue weighted by Gasteiger charge is -2.27. The van der Waals surface area contributed by atoms with Gasteiger partial charge in [0.05, 0.1) is 6.57 Å². The Kier molecular flexibility index (Phi) is 8.10. The van der Waals surface area contributed by atoms with Crippen molar-refractivity contribution in [1.82, 2.24) is 0 Å². The van der Waals surface area contributed by atoms with Gasteiger partial charge in [-0.25, -0.2) is 4.85 Å². The number of hydrogen-bond donors (Lipinski definition) is 0. The normalized spacial score (nSPS) is 13.9. The maximum atomic E-state index is 6.96. The molecule has 0 N–H and O–H groups in total. The highest BCUT2D eigenvalue weighted by molar-refractivity contribution is 5.72. The van der Waals surface area contributed by atoms with Gasteiger partial charge in [-0.15, -0.1) is 0 Å². The highest BCUT2D eigenvalue weighted by atomic mass is 15.1. The molecule has 0 bridgehead atoms. The number of fused-ring (bicyclic) bond motifs is 2. The van der Waals surface area contributed by atoms with Gasteiger partial charge in [0.2, 0.25) is 0 Å². The molecule has 0 aliphatic carbocycles. The van der Waals surface area contributed by atoms with Crippen LogP contribution in [0.2, 0.25) is 0 Å². The van der Waals surface area contributed by atoms with E-state index in [1.165, 1.54) is 53.7 Å². The van der Waals surface area contributed by atoms with Crippen LogP contribution >= 0.6 is 0 Å². The molecule has 1 aliphatic rings. The van der Waals surface area contributed by atoms with E-state index in [2.05, 4.69) is 65.2 Å². The van der Waals surface area contributed by atoms with Crippen LogP contribution in [0.3, 0.4) is 0 Å². The number of para-hydroxylation sites is 1. The topological polar surface area (TPSA) is 7.60 Å². The second-order valence-corrected chi connectivity index (χ2v) is 7.89. The lowest BCUT2D eigenvalue weighted by Crippen LogP contribution is -2.19. The third-order valence-electron chi connectivity index (χ3n) is 5.60. The molecule has 1 aliphatic heterocycles. The maximum absolute atomic E-state index is 6.96. The van der Waals surface area contributed by atoms with Crippen LogP contribution in [-0.4, -0.2) is 6.54 Å². The molecule has 0 fully saturated rings. The number of anilines is 2. The van der Waals surface area contributed by atoms with Crippen molar-refractivity contribution in [2.75, 3.05) is 11.4 Å². The summed E-state index contributed by atoms with van der Waals surface area (Å²) in [5.41, 5.74) is 7.54. The van der Waals surface area contributed by atoms with Gasteiger partial charge in [0.15, 0.2) is 5.70 Å². The summed E-state index contributed by atoms with van der Waals surface area (Å²) in [5.74, 6) is 0. The number of allylic oxidation sites excluding steroid dienone is 5. The minimum Gasteiger partial charge on any atom is -0.341 e. The maximum Gasteiger partial charge on any atom is 0.162 e. The predicted molar refractivity (Wildman–Crippen MR) is 130 cm³/mol. The zero-order valence-electron chi connectivity index (χ0n) is 18.3. The first-order chi connectivity index (χ1) is 14.7. The summed E-state index contributed by atoms with van der Waals surface area (Å²) in [6, 6.07) is 15.7. The molecule has 3 rings (SSSR count). The summed E-state index contributed by atoms with van der Waals surface area (Å²) in [6.07, 6.45) is 17.2. The highest BCUT2D eigenvalue weighted by Gasteiger charge is 2.20. The Morgan fingerprint density at radius 1 is 0.967 bits per heavy atom. The Bertz CT molecular complexity index is 972. The Morgan fingerprint density at radius 2 is 1.77 bits per heavy atom. The van der Waals surface area contributed by atoms with Crippen LogP contribution in [0.5, 0.6) is 0 Å². The summed E-state index contributed by atoms with van der Waals surface area (Å²) in [4.78, 5) is 5.93. The molecular formula is C28H32N2. The fourth-order valence-electron chi connectivity index (χ4n) is 3.96. The van der Waals surface area contributed by atoms with Crippen LogP contribution < -0.4 is 4.90 Å². The monoisotopic (exact) mass is 396 g/mol. The molecule has 2 aromatic carbocycles. The second-order valence-electron chi connectivity index (χ2n) is 7.89. The average Bonchev–Trinajstić information content (AvgIpc) is 2.93. The van der Waals surface area contributed by atoms with Gasteiger partial charge in [-0.05, 0) is 61.1 Å². The van der Waals surface area contributed by atoms with Crippen LogP contribution in [0, 0.1) is 6.57 Å². The molecule has 1 heterocycles. The standard InChI is InChI=1S/C28H32N2/c1-4-5-6-12-21-30-27-16-11-10-15-25(27)18-19-26-22-24(17-20-28(26)30)14-9-7-8-13-23(2)29-3/h7-11,13-17,20,22H,4-6,12,18-19,21H2,1-2H3/b8-7+,14-9+,23-13-. The van der Waals surface area contributed by atoms with Crippen molar-refractivity contribution >= 4 is 17.5 Å². The third kappa shape index (κ3) is 5.74. The van der Waals surface area contributed by atoms with Crippen molar-refractivity contribution in [2.24, 2.45) is 0 Å². The van der Waals surface area contributed by atoms with Gasteiger partial charge in [-0.3, -0.25) is 0 Å². The van der Waals surface area contributed by atoms with E-state index in [9.17, 15) is 0 Å². The van der Waals surface area contributed by atoms with Crippen molar-refractivity contribution < 1.29 is 0 Å². The molecule has 2 heteroatoms. The highest BCUT2D eigenvalue weighted by Crippen LogP contribution is 2.36. The fourth-order valence-corrected chi connectivity index (χ4v) is 3.96. The van der Waals surface area contributed by atoms with Crippen LogP contribution in [0.1, 0.15) is 56.2 Å². The van der Waals surface area contributed by atoms with Crippen molar-refractivity contribution in [2.45, 2.75) is 52.4 Å². The number of unbranched alkanes of at least 4 members (excludes halogenated alkanes) is 3. The summed E-state index contributed by atoms with van der Waals surface area (Å²) in [7, 11) is 0. The molecule has 0 saturated heterocycles. The summed E-state index contributed by atoms with van der Waals surface area (Å²) >= 11 is 0. The van der Waals surface area contributed by atoms with Gasteiger partial charge >= 0.3 is 0 Å². The molecule has 0 saturated carbocycles. The molecule has 0 amide bonds. The van der Waals surface area contributed by atoms with Crippen LogP contribution in [0.4, 0.5) is 11.4 Å². The number of aryl methyl sites for hydroxylation is 2. The first kappa shape index (κ1) is 21.7. The van der Waals surface area contributed by atoms with Crippen molar-refractivity contribution in [1.29, 1.82) is 0 Å². The van der Waals surface area contributed by atoms with Crippen molar-refractivity contribution in [3.05, 3.63) is 101 Å². The SMILES string of the molecule is [C-]#[N+]\C(C)=C/C=C/C=C/c1ccc2c(c1)CCc1ccccc1N2CCCCCC. The largest absolute Gasteiger partial charge is 0.341 e. The molecule has 0 radical (unpaired) electrons. The van der Waals surface area contributed by atoms with E-state index in [1.54, 1.807) is 0 Å². The smallest absolute Gasteiger partial charge is 0.162 e. The van der Waals surface area contributed by atoms with Gasteiger partial charge in [0.25, 0.3) is 0 Å². The first-order valence-corrected chi connectivity index (χ1v) is 11.1. The molecule has 0 unspecified atom stereocenters. The molecule has 2 nitrogen and oxygen atoms in total. The zero-order valence-corrected chi connectivity index (χ0v) is 18.3. The average molecular weight is 397 g/mol. The summed E-state index contributed by atoms with van der Waals surface area (Å²) in [5, 5.41) is 0. The molecule has 2 aromatic rings. The number of benzene rings is 2. The minimum atomic E-state index is 0.697. The number of nitrogens with zero attached hydrogens (tertiary/aromatic N) is 2. The molecule has 30 heavy (non-hydrogen) atoms. The van der Waals surface area contributed by atoms with E-state index in [-0.39, 0.29) is 0 Å². The van der Waals surface area contributed by atoms with Crippen LogP contribution in [0.25, 0.3) is 10.9 Å². The second kappa shape index (κ2) is 11.2. The number of hydrogen-bond acceptors (Lipinski definition) is 1. The molecule has 0 aromatic heterocycles. The van der Waals surface area contributed by atoms with Crippen molar-refractivity contribution in [3.8, 4) is 0 Å².